The first-order valence-corrected chi connectivity index (χ1v) is 6.42. The lowest BCUT2D eigenvalue weighted by atomic mass is 10.1. The molecule has 0 saturated heterocycles. The standard InChI is InChI=1S/C13H16N4O3/c1-2-9(5-6-18)16-13-11-7-10(17(19)20)3-4-12(11)14-8-15-13/h3-4,7-9,18H,2,5-6H2,1H3,(H,14,15,16). The summed E-state index contributed by atoms with van der Waals surface area (Å²) in [6.45, 7) is 2.08. The summed E-state index contributed by atoms with van der Waals surface area (Å²) in [7, 11) is 0. The van der Waals surface area contributed by atoms with Gasteiger partial charge in [-0.1, -0.05) is 6.92 Å². The lowest BCUT2D eigenvalue weighted by molar-refractivity contribution is -0.384. The summed E-state index contributed by atoms with van der Waals surface area (Å²) in [6, 6.07) is 4.55. The molecule has 1 aromatic carbocycles. The van der Waals surface area contributed by atoms with Crippen molar-refractivity contribution in [2.45, 2.75) is 25.8 Å². The summed E-state index contributed by atoms with van der Waals surface area (Å²) >= 11 is 0. The van der Waals surface area contributed by atoms with Crippen molar-refractivity contribution >= 4 is 22.4 Å². The van der Waals surface area contributed by atoms with Crippen LogP contribution in [0.2, 0.25) is 0 Å². The third-order valence-electron chi connectivity index (χ3n) is 3.14. The molecule has 1 atom stereocenters. The van der Waals surface area contributed by atoms with Gasteiger partial charge in [0.15, 0.2) is 0 Å². The fraction of sp³-hybridized carbons (Fsp3) is 0.385. The molecular formula is C13H16N4O3. The summed E-state index contributed by atoms with van der Waals surface area (Å²) in [5, 5.41) is 23.7. The number of hydrogen-bond acceptors (Lipinski definition) is 6. The first-order chi connectivity index (χ1) is 9.65. The maximum Gasteiger partial charge on any atom is 0.270 e. The van der Waals surface area contributed by atoms with Crippen LogP contribution in [0.15, 0.2) is 24.5 Å². The Kier molecular flexibility index (Phi) is 4.41. The molecule has 2 N–H and O–H groups in total. The number of rotatable bonds is 6. The molecule has 0 saturated carbocycles. The Labute approximate surface area is 115 Å². The quantitative estimate of drug-likeness (QED) is 0.619. The van der Waals surface area contributed by atoms with Gasteiger partial charge in [-0.05, 0) is 18.9 Å². The molecular weight excluding hydrogens is 260 g/mol. The number of fused-ring (bicyclic) bond motifs is 1. The van der Waals surface area contributed by atoms with E-state index in [1.54, 1.807) is 6.07 Å². The Morgan fingerprint density at radius 3 is 2.90 bits per heavy atom. The molecule has 20 heavy (non-hydrogen) atoms. The zero-order valence-electron chi connectivity index (χ0n) is 11.1. The van der Waals surface area contributed by atoms with Gasteiger partial charge in [0.05, 0.1) is 10.4 Å². The Balaban J connectivity index is 2.41. The number of hydrogen-bond donors (Lipinski definition) is 2. The second-order valence-electron chi connectivity index (χ2n) is 4.44. The van der Waals surface area contributed by atoms with Crippen molar-refractivity contribution < 1.29 is 10.0 Å². The maximum atomic E-state index is 10.8. The molecule has 2 rings (SSSR count). The van der Waals surface area contributed by atoms with Gasteiger partial charge in [0, 0.05) is 30.2 Å². The topological polar surface area (TPSA) is 101 Å². The number of non-ortho nitro benzene ring substituents is 1. The van der Waals surface area contributed by atoms with Crippen LogP contribution in [0.3, 0.4) is 0 Å². The molecule has 106 valence electrons. The highest BCUT2D eigenvalue weighted by Gasteiger charge is 2.13. The van der Waals surface area contributed by atoms with Gasteiger partial charge in [-0.25, -0.2) is 9.97 Å². The van der Waals surface area contributed by atoms with Gasteiger partial charge in [-0.2, -0.15) is 0 Å². The smallest absolute Gasteiger partial charge is 0.270 e. The molecule has 1 aromatic heterocycles. The van der Waals surface area contributed by atoms with Crippen molar-refractivity contribution in [3.8, 4) is 0 Å². The van der Waals surface area contributed by atoms with E-state index < -0.39 is 4.92 Å². The van der Waals surface area contributed by atoms with Crippen molar-refractivity contribution in [1.29, 1.82) is 0 Å². The molecule has 0 bridgehead atoms. The van der Waals surface area contributed by atoms with E-state index in [4.69, 9.17) is 5.11 Å². The number of benzene rings is 1. The van der Waals surface area contributed by atoms with Crippen molar-refractivity contribution in [2.24, 2.45) is 0 Å². The first kappa shape index (κ1) is 14.1. The van der Waals surface area contributed by atoms with E-state index in [-0.39, 0.29) is 18.3 Å². The fourth-order valence-electron chi connectivity index (χ4n) is 2.00. The molecule has 0 aliphatic carbocycles. The molecule has 0 spiro atoms. The minimum absolute atomic E-state index is 0.00515. The van der Waals surface area contributed by atoms with Crippen molar-refractivity contribution in [1.82, 2.24) is 9.97 Å². The van der Waals surface area contributed by atoms with Crippen molar-refractivity contribution in [3.63, 3.8) is 0 Å². The van der Waals surface area contributed by atoms with Crippen molar-refractivity contribution in [2.75, 3.05) is 11.9 Å². The Morgan fingerprint density at radius 1 is 1.45 bits per heavy atom. The minimum Gasteiger partial charge on any atom is -0.396 e. The SMILES string of the molecule is CCC(CCO)Nc1ncnc2ccc([N+](=O)[O-])cc12. The van der Waals surface area contributed by atoms with Crippen LogP contribution in [0.5, 0.6) is 0 Å². The number of nitro groups is 1. The number of aliphatic hydroxyl groups is 1. The monoisotopic (exact) mass is 276 g/mol. The third kappa shape index (κ3) is 3.00. The number of nitro benzene ring substituents is 1. The molecule has 2 aromatic rings. The van der Waals surface area contributed by atoms with Crippen LogP contribution >= 0.6 is 0 Å². The highest BCUT2D eigenvalue weighted by atomic mass is 16.6. The van der Waals surface area contributed by atoms with Crippen LogP contribution in [0, 0.1) is 10.1 Å². The normalized spacial score (nSPS) is 12.3. The minimum atomic E-state index is -0.443. The molecule has 0 amide bonds. The summed E-state index contributed by atoms with van der Waals surface area (Å²) < 4.78 is 0. The predicted molar refractivity (Wildman–Crippen MR) is 75.6 cm³/mol. The van der Waals surface area contributed by atoms with E-state index in [0.717, 1.165) is 6.42 Å². The molecule has 0 aliphatic rings. The van der Waals surface area contributed by atoms with Gasteiger partial charge in [0.1, 0.15) is 12.1 Å². The van der Waals surface area contributed by atoms with Gasteiger partial charge in [0.2, 0.25) is 0 Å². The fourth-order valence-corrected chi connectivity index (χ4v) is 2.00. The molecule has 1 unspecified atom stereocenters. The molecule has 0 aliphatic heterocycles. The van der Waals surface area contributed by atoms with Gasteiger partial charge in [0.25, 0.3) is 5.69 Å². The Bertz CT molecular complexity index is 618. The zero-order chi connectivity index (χ0) is 14.5. The largest absolute Gasteiger partial charge is 0.396 e. The summed E-state index contributed by atoms with van der Waals surface area (Å²) in [5.74, 6) is 0.555. The van der Waals surface area contributed by atoms with Gasteiger partial charge >= 0.3 is 0 Å². The second kappa shape index (κ2) is 6.25. The lowest BCUT2D eigenvalue weighted by Crippen LogP contribution is -2.20. The predicted octanol–water partition coefficient (Wildman–Crippen LogP) is 2.11. The van der Waals surface area contributed by atoms with E-state index in [0.29, 0.717) is 23.1 Å². The Hall–Kier alpha value is -2.28. The second-order valence-corrected chi connectivity index (χ2v) is 4.44. The molecule has 1 heterocycles. The van der Waals surface area contributed by atoms with Gasteiger partial charge < -0.3 is 10.4 Å². The van der Waals surface area contributed by atoms with Crippen LogP contribution in [0.1, 0.15) is 19.8 Å². The summed E-state index contributed by atoms with van der Waals surface area (Å²) in [4.78, 5) is 18.7. The highest BCUT2D eigenvalue weighted by molar-refractivity contribution is 5.90. The first-order valence-electron chi connectivity index (χ1n) is 6.42. The molecule has 7 nitrogen and oxygen atoms in total. The van der Waals surface area contributed by atoms with E-state index >= 15 is 0 Å². The van der Waals surface area contributed by atoms with Crippen LogP contribution < -0.4 is 5.32 Å². The van der Waals surface area contributed by atoms with E-state index in [1.165, 1.54) is 18.5 Å². The lowest BCUT2D eigenvalue weighted by Gasteiger charge is -2.17. The molecule has 0 radical (unpaired) electrons. The number of aromatic nitrogens is 2. The summed E-state index contributed by atoms with van der Waals surface area (Å²) in [5.41, 5.74) is 0.650. The Morgan fingerprint density at radius 2 is 2.25 bits per heavy atom. The van der Waals surface area contributed by atoms with E-state index in [2.05, 4.69) is 15.3 Å². The van der Waals surface area contributed by atoms with Crippen LogP contribution in [-0.2, 0) is 0 Å². The third-order valence-corrected chi connectivity index (χ3v) is 3.14. The van der Waals surface area contributed by atoms with Crippen molar-refractivity contribution in [3.05, 3.63) is 34.6 Å². The number of aliphatic hydroxyl groups excluding tert-OH is 1. The van der Waals surface area contributed by atoms with Gasteiger partial charge in [-0.3, -0.25) is 10.1 Å². The number of anilines is 1. The van der Waals surface area contributed by atoms with Crippen LogP contribution in [0.4, 0.5) is 11.5 Å². The summed E-state index contributed by atoms with van der Waals surface area (Å²) in [6.07, 6.45) is 2.83. The van der Waals surface area contributed by atoms with E-state index in [9.17, 15) is 10.1 Å². The average molecular weight is 276 g/mol. The van der Waals surface area contributed by atoms with Crippen LogP contribution in [-0.4, -0.2) is 32.6 Å². The average Bonchev–Trinajstić information content (AvgIpc) is 2.46. The van der Waals surface area contributed by atoms with Crippen LogP contribution in [0.25, 0.3) is 10.9 Å². The zero-order valence-corrected chi connectivity index (χ0v) is 11.1. The molecule has 7 heteroatoms. The van der Waals surface area contributed by atoms with Gasteiger partial charge in [-0.15, -0.1) is 0 Å². The molecule has 0 fully saturated rings. The number of nitrogens with zero attached hydrogens (tertiary/aromatic N) is 3. The van der Waals surface area contributed by atoms with E-state index in [1.807, 2.05) is 6.92 Å². The highest BCUT2D eigenvalue weighted by Crippen LogP contribution is 2.25. The number of nitrogens with one attached hydrogen (secondary N) is 1. The maximum absolute atomic E-state index is 10.8.